The lowest BCUT2D eigenvalue weighted by Gasteiger charge is -2.05. The van der Waals surface area contributed by atoms with Crippen molar-refractivity contribution in [1.29, 1.82) is 0 Å². The van der Waals surface area contributed by atoms with Gasteiger partial charge in [-0.15, -0.1) is 10.2 Å². The second-order valence-corrected chi connectivity index (χ2v) is 4.84. The van der Waals surface area contributed by atoms with Crippen molar-refractivity contribution < 1.29 is 0 Å². The first-order chi connectivity index (χ1) is 9.06. The minimum Gasteiger partial charge on any atom is -0.398 e. The summed E-state index contributed by atoms with van der Waals surface area (Å²) in [5, 5.41) is 8.79. The molecule has 2 heterocycles. The summed E-state index contributed by atoms with van der Waals surface area (Å²) in [5.41, 5.74) is 9.06. The Bertz CT molecular complexity index is 778. The first-order valence-electron chi connectivity index (χ1n) is 5.81. The lowest BCUT2D eigenvalue weighted by molar-refractivity contribution is 1.02. The predicted octanol–water partition coefficient (Wildman–Crippen LogP) is 2.64. The molecule has 0 saturated carbocycles. The topological polar surface area (TPSA) is 69.1 Å². The van der Waals surface area contributed by atoms with Crippen molar-refractivity contribution in [3.8, 4) is 11.4 Å². The summed E-state index contributed by atoms with van der Waals surface area (Å²) >= 11 is 6.05. The number of hydrogen-bond acceptors (Lipinski definition) is 4. The predicted molar refractivity (Wildman–Crippen MR) is 75.1 cm³/mol. The van der Waals surface area contributed by atoms with Gasteiger partial charge in [-0.3, -0.25) is 4.40 Å². The van der Waals surface area contributed by atoms with E-state index in [0.29, 0.717) is 22.3 Å². The van der Waals surface area contributed by atoms with Crippen LogP contribution in [0.15, 0.2) is 24.3 Å². The van der Waals surface area contributed by atoms with Crippen LogP contribution in [0.3, 0.4) is 0 Å². The van der Waals surface area contributed by atoms with Crippen LogP contribution in [0, 0.1) is 13.8 Å². The van der Waals surface area contributed by atoms with Gasteiger partial charge in [-0.25, -0.2) is 4.98 Å². The molecular formula is C13H12ClN5. The van der Waals surface area contributed by atoms with E-state index in [1.807, 2.05) is 30.4 Å². The zero-order valence-corrected chi connectivity index (χ0v) is 11.3. The number of fused-ring (bicyclic) bond motifs is 1. The fourth-order valence-corrected chi connectivity index (χ4v) is 2.26. The van der Waals surface area contributed by atoms with Crippen LogP contribution >= 0.6 is 11.6 Å². The Balaban J connectivity index is 2.28. The van der Waals surface area contributed by atoms with Crippen molar-refractivity contribution >= 4 is 23.1 Å². The highest BCUT2D eigenvalue weighted by atomic mass is 35.5. The third-order valence-electron chi connectivity index (χ3n) is 2.95. The van der Waals surface area contributed by atoms with E-state index in [9.17, 15) is 0 Å². The Morgan fingerprint density at radius 3 is 2.68 bits per heavy atom. The SMILES string of the molecule is Cc1cc(C)n2c(-c3ccc(N)c(Cl)c3)nnc2n1. The molecule has 3 aromatic rings. The summed E-state index contributed by atoms with van der Waals surface area (Å²) in [5.74, 6) is 1.29. The summed E-state index contributed by atoms with van der Waals surface area (Å²) in [6.07, 6.45) is 0. The molecule has 6 heteroatoms. The minimum absolute atomic E-state index is 0.506. The molecule has 5 nitrogen and oxygen atoms in total. The summed E-state index contributed by atoms with van der Waals surface area (Å²) in [6.45, 7) is 3.93. The number of aryl methyl sites for hydroxylation is 2. The molecular weight excluding hydrogens is 262 g/mol. The number of halogens is 1. The second kappa shape index (κ2) is 4.20. The molecule has 3 rings (SSSR count). The highest BCUT2D eigenvalue weighted by Gasteiger charge is 2.12. The van der Waals surface area contributed by atoms with Crippen molar-refractivity contribution in [2.45, 2.75) is 13.8 Å². The van der Waals surface area contributed by atoms with Gasteiger partial charge in [0.15, 0.2) is 5.82 Å². The number of aromatic nitrogens is 4. The number of hydrogen-bond donors (Lipinski definition) is 1. The lowest BCUT2D eigenvalue weighted by atomic mass is 10.2. The van der Waals surface area contributed by atoms with Crippen LogP contribution in [0.2, 0.25) is 5.02 Å². The summed E-state index contributed by atoms with van der Waals surface area (Å²) < 4.78 is 1.90. The molecule has 0 aliphatic heterocycles. The quantitative estimate of drug-likeness (QED) is 0.692. The van der Waals surface area contributed by atoms with Crippen molar-refractivity contribution in [2.24, 2.45) is 0 Å². The monoisotopic (exact) mass is 273 g/mol. The Hall–Kier alpha value is -2.14. The van der Waals surface area contributed by atoms with Gasteiger partial charge in [0.25, 0.3) is 5.78 Å². The van der Waals surface area contributed by atoms with Gasteiger partial charge in [0.05, 0.1) is 10.7 Å². The molecule has 0 spiro atoms. The van der Waals surface area contributed by atoms with Crippen molar-refractivity contribution in [3.05, 3.63) is 40.7 Å². The lowest BCUT2D eigenvalue weighted by Crippen LogP contribution is -1.98. The average Bonchev–Trinajstić information content (AvgIpc) is 2.76. The molecule has 0 amide bonds. The van der Waals surface area contributed by atoms with Crippen LogP contribution in [-0.4, -0.2) is 19.6 Å². The van der Waals surface area contributed by atoms with E-state index in [0.717, 1.165) is 17.0 Å². The normalized spacial score (nSPS) is 11.1. The van der Waals surface area contributed by atoms with Crippen LogP contribution in [0.1, 0.15) is 11.4 Å². The van der Waals surface area contributed by atoms with Crippen LogP contribution in [0.5, 0.6) is 0 Å². The third-order valence-corrected chi connectivity index (χ3v) is 3.28. The maximum Gasteiger partial charge on any atom is 0.255 e. The third kappa shape index (κ3) is 1.92. The van der Waals surface area contributed by atoms with E-state index in [2.05, 4.69) is 15.2 Å². The van der Waals surface area contributed by atoms with Gasteiger partial charge in [-0.2, -0.15) is 0 Å². The Labute approximate surface area is 115 Å². The Morgan fingerprint density at radius 2 is 1.95 bits per heavy atom. The zero-order chi connectivity index (χ0) is 13.6. The van der Waals surface area contributed by atoms with Gasteiger partial charge < -0.3 is 5.73 Å². The minimum atomic E-state index is 0.506. The van der Waals surface area contributed by atoms with Gasteiger partial charge in [0.1, 0.15) is 0 Å². The number of rotatable bonds is 1. The number of benzene rings is 1. The standard InChI is InChI=1S/C13H12ClN5/c1-7-5-8(2)19-12(17-18-13(19)16-7)9-3-4-11(15)10(14)6-9/h3-6H,15H2,1-2H3. The number of nitrogens with two attached hydrogens (primary N) is 1. The molecule has 0 aliphatic rings. The van der Waals surface area contributed by atoms with Crippen LogP contribution < -0.4 is 5.73 Å². The first-order valence-corrected chi connectivity index (χ1v) is 6.19. The summed E-state index contributed by atoms with van der Waals surface area (Å²) in [7, 11) is 0. The summed E-state index contributed by atoms with van der Waals surface area (Å²) in [4.78, 5) is 4.35. The van der Waals surface area contributed by atoms with E-state index < -0.39 is 0 Å². The van der Waals surface area contributed by atoms with Gasteiger partial charge >= 0.3 is 0 Å². The van der Waals surface area contributed by atoms with E-state index in [-0.39, 0.29) is 0 Å². The fraction of sp³-hybridized carbons (Fsp3) is 0.154. The van der Waals surface area contributed by atoms with E-state index >= 15 is 0 Å². The van der Waals surface area contributed by atoms with Crippen molar-refractivity contribution in [1.82, 2.24) is 19.6 Å². The van der Waals surface area contributed by atoms with E-state index in [1.165, 1.54) is 0 Å². The highest BCUT2D eigenvalue weighted by molar-refractivity contribution is 6.33. The molecule has 0 unspecified atom stereocenters. The van der Waals surface area contributed by atoms with Gasteiger partial charge in [-0.05, 0) is 38.1 Å². The van der Waals surface area contributed by atoms with Gasteiger partial charge in [0.2, 0.25) is 0 Å². The summed E-state index contributed by atoms with van der Waals surface area (Å²) in [6, 6.07) is 7.40. The van der Waals surface area contributed by atoms with E-state index in [1.54, 1.807) is 12.1 Å². The average molecular weight is 274 g/mol. The molecule has 0 aliphatic carbocycles. The Kier molecular flexibility index (Phi) is 2.64. The Morgan fingerprint density at radius 1 is 1.16 bits per heavy atom. The number of nitrogen functional groups attached to an aromatic ring is 1. The fourth-order valence-electron chi connectivity index (χ4n) is 2.08. The molecule has 0 bridgehead atoms. The van der Waals surface area contributed by atoms with Crippen molar-refractivity contribution in [2.75, 3.05) is 5.73 Å². The maximum atomic E-state index is 6.05. The maximum absolute atomic E-state index is 6.05. The zero-order valence-electron chi connectivity index (χ0n) is 10.6. The van der Waals surface area contributed by atoms with E-state index in [4.69, 9.17) is 17.3 Å². The van der Waals surface area contributed by atoms with Crippen LogP contribution in [0.4, 0.5) is 5.69 Å². The molecule has 19 heavy (non-hydrogen) atoms. The molecule has 2 N–H and O–H groups in total. The smallest absolute Gasteiger partial charge is 0.255 e. The highest BCUT2D eigenvalue weighted by Crippen LogP contribution is 2.26. The van der Waals surface area contributed by atoms with Gasteiger partial charge in [0, 0.05) is 17.0 Å². The molecule has 0 saturated heterocycles. The molecule has 0 atom stereocenters. The number of nitrogens with zero attached hydrogens (tertiary/aromatic N) is 4. The molecule has 0 radical (unpaired) electrons. The van der Waals surface area contributed by atoms with Gasteiger partial charge in [-0.1, -0.05) is 11.6 Å². The second-order valence-electron chi connectivity index (χ2n) is 4.43. The first kappa shape index (κ1) is 11.9. The molecule has 96 valence electrons. The number of anilines is 1. The molecule has 0 fully saturated rings. The molecule has 2 aromatic heterocycles. The molecule has 1 aromatic carbocycles. The van der Waals surface area contributed by atoms with Crippen LogP contribution in [-0.2, 0) is 0 Å². The largest absolute Gasteiger partial charge is 0.398 e. The van der Waals surface area contributed by atoms with Crippen molar-refractivity contribution in [3.63, 3.8) is 0 Å². The van der Waals surface area contributed by atoms with Crippen LogP contribution in [0.25, 0.3) is 17.2 Å².